The van der Waals surface area contributed by atoms with Gasteiger partial charge < -0.3 is 34.0 Å². The van der Waals surface area contributed by atoms with Gasteiger partial charge in [-0.1, -0.05) is 12.1 Å². The van der Waals surface area contributed by atoms with Crippen LogP contribution in [0.5, 0.6) is 0 Å². The maximum absolute atomic E-state index is 12.1. The van der Waals surface area contributed by atoms with Gasteiger partial charge in [-0.25, -0.2) is 9.36 Å². The molecule has 5 nitrogen and oxygen atoms in total. The molecule has 0 aliphatic carbocycles. The van der Waals surface area contributed by atoms with Gasteiger partial charge in [0.2, 0.25) is 0 Å². The Morgan fingerprint density at radius 3 is 2.33 bits per heavy atom. The lowest BCUT2D eigenvalue weighted by Gasteiger charge is -2.09. The van der Waals surface area contributed by atoms with Crippen molar-refractivity contribution in [2.45, 2.75) is 0 Å². The number of benzene rings is 1. The van der Waals surface area contributed by atoms with Crippen LogP contribution < -0.4 is 33.9 Å². The second-order valence-electron chi connectivity index (χ2n) is 4.24. The van der Waals surface area contributed by atoms with Crippen LogP contribution in [0.2, 0.25) is 0 Å². The van der Waals surface area contributed by atoms with Crippen LogP contribution in [0.3, 0.4) is 0 Å². The Labute approximate surface area is 140 Å². The smallest absolute Gasteiger partial charge is 0.339 e. The minimum absolute atomic E-state index is 0. The number of para-hydroxylation sites is 1. The van der Waals surface area contributed by atoms with Gasteiger partial charge in [-0.3, -0.25) is 4.79 Å². The third-order valence-electron chi connectivity index (χ3n) is 2.82. The molecule has 1 aromatic heterocycles. The molecule has 0 saturated carbocycles. The zero-order valence-corrected chi connectivity index (χ0v) is 13.8. The van der Waals surface area contributed by atoms with Gasteiger partial charge in [0.1, 0.15) is 7.05 Å². The number of pyridine rings is 1. The number of rotatable bonds is 3. The molecule has 1 aromatic carbocycles. The van der Waals surface area contributed by atoms with Crippen molar-refractivity contribution in [1.29, 1.82) is 0 Å². The Hall–Kier alpha value is -1.96. The number of hydrogen-bond acceptors (Lipinski definition) is 3. The number of carbonyl (C=O) groups is 2. The second-order valence-corrected chi connectivity index (χ2v) is 4.24. The molecular weight excluding hydrogens is 383 g/mol. The van der Waals surface area contributed by atoms with Gasteiger partial charge in [-0.15, -0.1) is 0 Å². The molecule has 0 aliphatic rings. The SMILES string of the molecule is COC(=O)c1ccccc1NC(=O)c1cc[n+](C)cc1.[I-]. The van der Waals surface area contributed by atoms with E-state index in [0.717, 1.165) is 0 Å². The van der Waals surface area contributed by atoms with Crippen molar-refractivity contribution in [2.24, 2.45) is 7.05 Å². The summed E-state index contributed by atoms with van der Waals surface area (Å²) in [5.74, 6) is -0.762. The maximum Gasteiger partial charge on any atom is 0.339 e. The molecule has 0 bridgehead atoms. The predicted molar refractivity (Wildman–Crippen MR) is 73.4 cm³/mol. The summed E-state index contributed by atoms with van der Waals surface area (Å²) in [5.41, 5.74) is 1.27. The quantitative estimate of drug-likeness (QED) is 0.391. The second kappa shape index (κ2) is 7.72. The van der Waals surface area contributed by atoms with Crippen molar-refractivity contribution >= 4 is 17.6 Å². The van der Waals surface area contributed by atoms with Crippen molar-refractivity contribution in [2.75, 3.05) is 12.4 Å². The molecule has 1 amide bonds. The Balaban J connectivity index is 0.00000220. The minimum Gasteiger partial charge on any atom is -1.00 e. The van der Waals surface area contributed by atoms with E-state index in [-0.39, 0.29) is 29.9 Å². The van der Waals surface area contributed by atoms with Crippen LogP contribution in [0.1, 0.15) is 20.7 Å². The first kappa shape index (κ1) is 17.1. The third kappa shape index (κ3) is 4.25. The van der Waals surface area contributed by atoms with Gasteiger partial charge in [0, 0.05) is 12.1 Å². The number of esters is 1. The molecule has 0 radical (unpaired) electrons. The zero-order valence-electron chi connectivity index (χ0n) is 11.7. The number of halogens is 1. The molecule has 6 heteroatoms. The number of hydrogen-bond donors (Lipinski definition) is 1. The van der Waals surface area contributed by atoms with Crippen LogP contribution in [-0.2, 0) is 11.8 Å². The normalized spacial score (nSPS) is 9.43. The summed E-state index contributed by atoms with van der Waals surface area (Å²) in [4.78, 5) is 23.7. The van der Waals surface area contributed by atoms with E-state index >= 15 is 0 Å². The van der Waals surface area contributed by atoms with E-state index in [1.807, 2.05) is 11.6 Å². The fraction of sp³-hybridized carbons (Fsp3) is 0.133. The Bertz CT molecular complexity index is 642. The summed E-state index contributed by atoms with van der Waals surface area (Å²) in [6.07, 6.45) is 3.56. The average Bonchev–Trinajstić information content (AvgIpc) is 2.47. The van der Waals surface area contributed by atoms with Crippen molar-refractivity contribution in [1.82, 2.24) is 0 Å². The third-order valence-corrected chi connectivity index (χ3v) is 2.82. The number of ether oxygens (including phenoxy) is 1. The van der Waals surface area contributed by atoms with E-state index in [0.29, 0.717) is 16.8 Å². The van der Waals surface area contributed by atoms with Crippen molar-refractivity contribution < 1.29 is 42.9 Å². The van der Waals surface area contributed by atoms with Gasteiger partial charge >= 0.3 is 5.97 Å². The largest absolute Gasteiger partial charge is 1.00 e. The van der Waals surface area contributed by atoms with E-state index in [2.05, 4.69) is 10.1 Å². The van der Waals surface area contributed by atoms with E-state index in [9.17, 15) is 9.59 Å². The molecular formula is C15H15IN2O3. The van der Waals surface area contributed by atoms with Crippen LogP contribution in [-0.4, -0.2) is 19.0 Å². The van der Waals surface area contributed by atoms with Gasteiger partial charge in [0.25, 0.3) is 5.91 Å². The van der Waals surface area contributed by atoms with Crippen LogP contribution in [0.4, 0.5) is 5.69 Å². The van der Waals surface area contributed by atoms with Crippen molar-refractivity contribution in [3.05, 3.63) is 59.9 Å². The molecule has 0 atom stereocenters. The van der Waals surface area contributed by atoms with Crippen LogP contribution in [0.25, 0.3) is 0 Å². The Morgan fingerprint density at radius 2 is 1.71 bits per heavy atom. The van der Waals surface area contributed by atoms with Crippen LogP contribution >= 0.6 is 0 Å². The molecule has 0 spiro atoms. The fourth-order valence-electron chi connectivity index (χ4n) is 1.73. The molecule has 1 heterocycles. The van der Waals surface area contributed by atoms with Crippen molar-refractivity contribution in [3.8, 4) is 0 Å². The summed E-state index contributed by atoms with van der Waals surface area (Å²) in [5, 5.41) is 2.71. The van der Waals surface area contributed by atoms with Gasteiger partial charge in [0.05, 0.1) is 23.9 Å². The molecule has 21 heavy (non-hydrogen) atoms. The first-order chi connectivity index (χ1) is 9.61. The molecule has 2 aromatic rings. The summed E-state index contributed by atoms with van der Waals surface area (Å²) >= 11 is 0. The standard InChI is InChI=1S/C15H14N2O3.HI/c1-17-9-7-11(8-10-17)14(18)16-13-6-4-3-5-12(13)15(19)20-2;/h3-10H,1-2H3;1H. The lowest BCUT2D eigenvalue weighted by molar-refractivity contribution is -0.671. The van der Waals surface area contributed by atoms with Gasteiger partial charge in [-0.2, -0.15) is 0 Å². The molecule has 0 aliphatic heterocycles. The molecule has 0 saturated heterocycles. The van der Waals surface area contributed by atoms with Crippen LogP contribution in [0, 0.1) is 0 Å². The maximum atomic E-state index is 12.1. The summed E-state index contributed by atoms with van der Waals surface area (Å²) < 4.78 is 6.52. The molecule has 1 N–H and O–H groups in total. The van der Waals surface area contributed by atoms with E-state index < -0.39 is 5.97 Å². The summed E-state index contributed by atoms with van der Waals surface area (Å²) in [6.45, 7) is 0. The highest BCUT2D eigenvalue weighted by Crippen LogP contribution is 2.16. The number of nitrogens with zero attached hydrogens (tertiary/aromatic N) is 1. The number of aromatic nitrogens is 1. The number of nitrogens with one attached hydrogen (secondary N) is 1. The number of anilines is 1. The topological polar surface area (TPSA) is 59.3 Å². The Kier molecular flexibility index (Phi) is 6.29. The average molecular weight is 398 g/mol. The molecule has 0 unspecified atom stereocenters. The highest BCUT2D eigenvalue weighted by Gasteiger charge is 2.14. The molecule has 0 fully saturated rings. The number of methoxy groups -OCH3 is 1. The fourth-order valence-corrected chi connectivity index (χ4v) is 1.73. The Morgan fingerprint density at radius 1 is 1.10 bits per heavy atom. The van der Waals surface area contributed by atoms with Gasteiger partial charge in [0.15, 0.2) is 12.4 Å². The van der Waals surface area contributed by atoms with Crippen molar-refractivity contribution in [3.63, 3.8) is 0 Å². The number of aryl methyl sites for hydroxylation is 1. The highest BCUT2D eigenvalue weighted by molar-refractivity contribution is 6.07. The predicted octanol–water partition coefficient (Wildman–Crippen LogP) is -1.45. The monoisotopic (exact) mass is 398 g/mol. The van der Waals surface area contributed by atoms with Gasteiger partial charge in [-0.05, 0) is 12.1 Å². The molecule has 110 valence electrons. The first-order valence-corrected chi connectivity index (χ1v) is 6.06. The lowest BCUT2D eigenvalue weighted by atomic mass is 10.1. The lowest BCUT2D eigenvalue weighted by Crippen LogP contribution is -3.00. The number of carbonyl (C=O) groups excluding carboxylic acids is 2. The number of amides is 1. The zero-order chi connectivity index (χ0) is 14.5. The van der Waals surface area contributed by atoms with E-state index in [1.54, 1.807) is 48.8 Å². The van der Waals surface area contributed by atoms with E-state index in [1.165, 1.54) is 7.11 Å². The highest BCUT2D eigenvalue weighted by atomic mass is 127. The minimum atomic E-state index is -0.486. The molecule has 2 rings (SSSR count). The van der Waals surface area contributed by atoms with E-state index in [4.69, 9.17) is 0 Å². The first-order valence-electron chi connectivity index (χ1n) is 6.06. The summed E-state index contributed by atoms with van der Waals surface area (Å²) in [7, 11) is 3.17. The summed E-state index contributed by atoms with van der Waals surface area (Å²) in [6, 6.07) is 10.1. The van der Waals surface area contributed by atoms with Crippen LogP contribution in [0.15, 0.2) is 48.8 Å².